The first kappa shape index (κ1) is 15.3. The highest BCUT2D eigenvalue weighted by Crippen LogP contribution is 2.24. The molecule has 0 saturated carbocycles. The van der Waals surface area contributed by atoms with Crippen molar-refractivity contribution in [3.63, 3.8) is 0 Å². The van der Waals surface area contributed by atoms with Gasteiger partial charge in [-0.05, 0) is 41.7 Å². The number of nitrogens with zero attached hydrogens (tertiary/aromatic N) is 2. The van der Waals surface area contributed by atoms with E-state index in [0.29, 0.717) is 11.5 Å². The van der Waals surface area contributed by atoms with E-state index in [4.69, 9.17) is 0 Å². The maximum absolute atomic E-state index is 12.2. The summed E-state index contributed by atoms with van der Waals surface area (Å²) in [5.41, 5.74) is 3.86. The molecule has 0 atom stereocenters. The number of anilines is 2. The Labute approximate surface area is 135 Å². The number of aromatic nitrogens is 2. The lowest BCUT2D eigenvalue weighted by atomic mass is 9.87. The van der Waals surface area contributed by atoms with Crippen molar-refractivity contribution in [3.8, 4) is 0 Å². The van der Waals surface area contributed by atoms with Crippen LogP contribution < -0.4 is 10.9 Å². The summed E-state index contributed by atoms with van der Waals surface area (Å²) in [6.45, 7) is 8.50. The second-order valence-electron chi connectivity index (χ2n) is 6.82. The Morgan fingerprint density at radius 2 is 1.78 bits per heavy atom. The smallest absolute Gasteiger partial charge is 0.259 e. The topological polar surface area (TPSA) is 46.4 Å². The number of pyridine rings is 1. The van der Waals surface area contributed by atoms with Gasteiger partial charge in [-0.2, -0.15) is 0 Å². The third kappa shape index (κ3) is 3.11. The Kier molecular flexibility index (Phi) is 3.68. The summed E-state index contributed by atoms with van der Waals surface area (Å²) < 4.78 is 1.56. The van der Waals surface area contributed by atoms with Gasteiger partial charge in [0.2, 0.25) is 0 Å². The highest BCUT2D eigenvalue weighted by Gasteiger charge is 2.13. The summed E-state index contributed by atoms with van der Waals surface area (Å²) in [5, 5.41) is 3.22. The first-order valence-corrected chi connectivity index (χ1v) is 7.71. The third-order valence-corrected chi connectivity index (χ3v) is 3.91. The van der Waals surface area contributed by atoms with E-state index in [0.717, 1.165) is 11.3 Å². The molecule has 0 spiro atoms. The van der Waals surface area contributed by atoms with Crippen molar-refractivity contribution in [2.45, 2.75) is 33.1 Å². The normalized spacial score (nSPS) is 11.7. The van der Waals surface area contributed by atoms with Gasteiger partial charge < -0.3 is 5.32 Å². The van der Waals surface area contributed by atoms with Crippen LogP contribution in [0.5, 0.6) is 0 Å². The number of benzene rings is 1. The highest BCUT2D eigenvalue weighted by atomic mass is 16.1. The summed E-state index contributed by atoms with van der Waals surface area (Å²) >= 11 is 0. The standard InChI is InChI=1S/C19H21N3O/c1-13-6-5-11-22-17(23)12-16(21-18(13)22)20-15-9-7-14(8-10-15)19(2,3)4/h5-12,20H,1-4H3. The van der Waals surface area contributed by atoms with E-state index in [1.165, 1.54) is 11.6 Å². The number of fused-ring (bicyclic) bond motifs is 1. The van der Waals surface area contributed by atoms with Gasteiger partial charge in [0.1, 0.15) is 11.5 Å². The second-order valence-corrected chi connectivity index (χ2v) is 6.82. The molecule has 23 heavy (non-hydrogen) atoms. The van der Waals surface area contributed by atoms with Crippen molar-refractivity contribution < 1.29 is 0 Å². The number of aryl methyl sites for hydroxylation is 1. The molecule has 4 nitrogen and oxygen atoms in total. The molecule has 2 heterocycles. The number of hydrogen-bond donors (Lipinski definition) is 1. The van der Waals surface area contributed by atoms with Crippen LogP contribution in [0.25, 0.3) is 5.65 Å². The lowest BCUT2D eigenvalue weighted by Gasteiger charge is -2.19. The van der Waals surface area contributed by atoms with Crippen molar-refractivity contribution >= 4 is 17.2 Å². The Morgan fingerprint density at radius 1 is 1.09 bits per heavy atom. The van der Waals surface area contributed by atoms with Crippen LogP contribution in [0.2, 0.25) is 0 Å². The molecule has 0 aliphatic heterocycles. The lowest BCUT2D eigenvalue weighted by molar-refractivity contribution is 0.590. The first-order chi connectivity index (χ1) is 10.8. The van der Waals surface area contributed by atoms with Gasteiger partial charge >= 0.3 is 0 Å². The van der Waals surface area contributed by atoms with Crippen molar-refractivity contribution in [1.82, 2.24) is 9.38 Å². The molecule has 0 amide bonds. The summed E-state index contributed by atoms with van der Waals surface area (Å²) in [5.74, 6) is 0.563. The molecule has 0 fully saturated rings. The minimum atomic E-state index is -0.0903. The fraction of sp³-hybridized carbons (Fsp3) is 0.263. The fourth-order valence-corrected chi connectivity index (χ4v) is 2.53. The van der Waals surface area contributed by atoms with E-state index in [-0.39, 0.29) is 11.0 Å². The number of rotatable bonds is 2. The van der Waals surface area contributed by atoms with E-state index >= 15 is 0 Å². The average Bonchev–Trinajstić information content (AvgIpc) is 2.48. The monoisotopic (exact) mass is 307 g/mol. The van der Waals surface area contributed by atoms with E-state index in [2.05, 4.69) is 43.2 Å². The van der Waals surface area contributed by atoms with Crippen molar-refractivity contribution in [1.29, 1.82) is 0 Å². The number of hydrogen-bond acceptors (Lipinski definition) is 3. The van der Waals surface area contributed by atoms with Crippen LogP contribution in [0.1, 0.15) is 31.9 Å². The Balaban J connectivity index is 1.96. The van der Waals surface area contributed by atoms with Gasteiger partial charge in [0.25, 0.3) is 5.56 Å². The summed E-state index contributed by atoms with van der Waals surface area (Å²) in [7, 11) is 0. The largest absolute Gasteiger partial charge is 0.340 e. The van der Waals surface area contributed by atoms with Crippen molar-refractivity contribution in [2.24, 2.45) is 0 Å². The maximum atomic E-state index is 12.2. The van der Waals surface area contributed by atoms with Gasteiger partial charge in [-0.1, -0.05) is 39.0 Å². The van der Waals surface area contributed by atoms with Gasteiger partial charge in [0, 0.05) is 18.0 Å². The van der Waals surface area contributed by atoms with Gasteiger partial charge in [-0.3, -0.25) is 9.20 Å². The predicted octanol–water partition coefficient (Wildman–Crippen LogP) is 4.04. The van der Waals surface area contributed by atoms with Crippen molar-refractivity contribution in [3.05, 3.63) is 70.1 Å². The molecule has 1 aromatic carbocycles. The second kappa shape index (κ2) is 5.54. The van der Waals surface area contributed by atoms with Crippen molar-refractivity contribution in [2.75, 3.05) is 5.32 Å². The van der Waals surface area contributed by atoms with Crippen LogP contribution in [0.15, 0.2) is 53.5 Å². The van der Waals surface area contributed by atoms with E-state index in [1.807, 2.05) is 31.2 Å². The Bertz CT molecular complexity index is 903. The first-order valence-electron chi connectivity index (χ1n) is 7.71. The van der Waals surface area contributed by atoms with Crippen LogP contribution >= 0.6 is 0 Å². The maximum Gasteiger partial charge on any atom is 0.259 e. The Hall–Kier alpha value is -2.62. The van der Waals surface area contributed by atoms with Crippen LogP contribution in [-0.4, -0.2) is 9.38 Å². The zero-order chi connectivity index (χ0) is 16.6. The molecule has 1 N–H and O–H groups in total. The molecule has 0 saturated heterocycles. The SMILES string of the molecule is Cc1cccn2c(=O)cc(Nc3ccc(C(C)(C)C)cc3)nc12. The lowest BCUT2D eigenvalue weighted by Crippen LogP contribution is -2.15. The van der Waals surface area contributed by atoms with Crippen LogP contribution in [-0.2, 0) is 5.41 Å². The summed E-state index contributed by atoms with van der Waals surface area (Å²) in [6.07, 6.45) is 1.74. The molecule has 4 heteroatoms. The Morgan fingerprint density at radius 3 is 2.43 bits per heavy atom. The predicted molar refractivity (Wildman–Crippen MR) is 94.6 cm³/mol. The van der Waals surface area contributed by atoms with Gasteiger partial charge in [0.05, 0.1) is 0 Å². The molecule has 0 unspecified atom stereocenters. The molecule has 0 aliphatic rings. The minimum absolute atomic E-state index is 0.0903. The zero-order valence-corrected chi connectivity index (χ0v) is 13.9. The van der Waals surface area contributed by atoms with Crippen LogP contribution in [0.4, 0.5) is 11.5 Å². The molecule has 3 aromatic rings. The summed E-state index contributed by atoms with van der Waals surface area (Å²) in [4.78, 5) is 16.8. The van der Waals surface area contributed by atoms with E-state index < -0.39 is 0 Å². The number of nitrogens with one attached hydrogen (secondary N) is 1. The molecule has 0 aliphatic carbocycles. The quantitative estimate of drug-likeness (QED) is 0.777. The van der Waals surface area contributed by atoms with E-state index in [1.54, 1.807) is 10.6 Å². The van der Waals surface area contributed by atoms with E-state index in [9.17, 15) is 4.79 Å². The molecular formula is C19H21N3O. The van der Waals surface area contributed by atoms with Gasteiger partial charge in [-0.25, -0.2) is 4.98 Å². The molecule has 0 bridgehead atoms. The molecule has 0 radical (unpaired) electrons. The molecular weight excluding hydrogens is 286 g/mol. The summed E-state index contributed by atoms with van der Waals surface area (Å²) in [6, 6.07) is 13.5. The third-order valence-electron chi connectivity index (χ3n) is 3.91. The molecule has 2 aromatic heterocycles. The fourth-order valence-electron chi connectivity index (χ4n) is 2.53. The molecule has 3 rings (SSSR count). The zero-order valence-electron chi connectivity index (χ0n) is 13.9. The van der Waals surface area contributed by atoms with Gasteiger partial charge in [-0.15, -0.1) is 0 Å². The average molecular weight is 307 g/mol. The van der Waals surface area contributed by atoms with Crippen LogP contribution in [0.3, 0.4) is 0 Å². The van der Waals surface area contributed by atoms with Crippen LogP contribution in [0, 0.1) is 6.92 Å². The minimum Gasteiger partial charge on any atom is -0.340 e. The molecule has 118 valence electrons. The van der Waals surface area contributed by atoms with Gasteiger partial charge in [0.15, 0.2) is 0 Å². The highest BCUT2D eigenvalue weighted by molar-refractivity contribution is 5.60.